The number of rotatable bonds is 3. The highest BCUT2D eigenvalue weighted by molar-refractivity contribution is 5.20. The lowest BCUT2D eigenvalue weighted by molar-refractivity contribution is 0.220. The lowest BCUT2D eigenvalue weighted by Crippen LogP contribution is -2.43. The molecule has 2 aliphatic heterocycles. The van der Waals surface area contributed by atoms with Crippen LogP contribution in [-0.4, -0.2) is 35.7 Å². The second-order valence-corrected chi connectivity index (χ2v) is 5.43. The molecule has 17 heavy (non-hydrogen) atoms. The Hall–Kier alpha value is -0.870. The summed E-state index contributed by atoms with van der Waals surface area (Å²) in [5.74, 6) is 1.81. The molecular formula is C13H21N3O. The summed E-state index contributed by atoms with van der Waals surface area (Å²) >= 11 is 0. The number of nitrogens with one attached hydrogen (secondary N) is 1. The van der Waals surface area contributed by atoms with E-state index in [2.05, 4.69) is 15.4 Å². The highest BCUT2D eigenvalue weighted by Gasteiger charge is 2.33. The molecule has 1 aromatic rings. The van der Waals surface area contributed by atoms with Crippen LogP contribution in [0.2, 0.25) is 0 Å². The molecule has 2 fully saturated rings. The van der Waals surface area contributed by atoms with Crippen molar-refractivity contribution in [2.45, 2.75) is 39.3 Å². The summed E-state index contributed by atoms with van der Waals surface area (Å²) in [4.78, 5) is 2.58. The largest absolute Gasteiger partial charge is 0.361 e. The Kier molecular flexibility index (Phi) is 2.92. The topological polar surface area (TPSA) is 41.3 Å². The van der Waals surface area contributed by atoms with Crippen molar-refractivity contribution in [2.24, 2.45) is 5.92 Å². The van der Waals surface area contributed by atoms with Gasteiger partial charge in [-0.2, -0.15) is 0 Å². The number of piperidine rings is 1. The summed E-state index contributed by atoms with van der Waals surface area (Å²) in [6, 6.07) is 0.683. The molecule has 0 aliphatic carbocycles. The van der Waals surface area contributed by atoms with Gasteiger partial charge in [-0.05, 0) is 45.7 Å². The summed E-state index contributed by atoms with van der Waals surface area (Å²) < 4.78 is 5.20. The molecule has 0 radical (unpaired) electrons. The highest BCUT2D eigenvalue weighted by atomic mass is 16.5. The average molecular weight is 235 g/mol. The zero-order chi connectivity index (χ0) is 11.8. The molecule has 3 heterocycles. The van der Waals surface area contributed by atoms with Gasteiger partial charge < -0.3 is 14.7 Å². The van der Waals surface area contributed by atoms with Crippen molar-refractivity contribution < 1.29 is 4.52 Å². The fourth-order valence-corrected chi connectivity index (χ4v) is 3.21. The lowest BCUT2D eigenvalue weighted by atomic mass is 9.94. The molecule has 0 aromatic carbocycles. The maximum absolute atomic E-state index is 5.20. The summed E-state index contributed by atoms with van der Waals surface area (Å²) in [5.41, 5.74) is 2.27. The van der Waals surface area contributed by atoms with E-state index in [4.69, 9.17) is 4.52 Å². The Morgan fingerprint density at radius 2 is 2.18 bits per heavy atom. The van der Waals surface area contributed by atoms with Gasteiger partial charge in [0.2, 0.25) is 0 Å². The van der Waals surface area contributed by atoms with Crippen molar-refractivity contribution in [3.05, 3.63) is 17.0 Å². The number of nitrogens with zero attached hydrogens (tertiary/aromatic N) is 2. The van der Waals surface area contributed by atoms with E-state index in [-0.39, 0.29) is 0 Å². The summed E-state index contributed by atoms with van der Waals surface area (Å²) in [5, 5.41) is 7.71. The number of hydrogen-bond donors (Lipinski definition) is 1. The predicted molar refractivity (Wildman–Crippen MR) is 65.8 cm³/mol. The molecule has 1 aromatic heterocycles. The Morgan fingerprint density at radius 1 is 1.35 bits per heavy atom. The Labute approximate surface area is 102 Å². The van der Waals surface area contributed by atoms with Crippen LogP contribution in [0, 0.1) is 19.8 Å². The molecule has 3 unspecified atom stereocenters. The number of aromatic nitrogens is 1. The van der Waals surface area contributed by atoms with E-state index in [1.54, 1.807) is 0 Å². The first-order chi connectivity index (χ1) is 8.24. The van der Waals surface area contributed by atoms with Gasteiger partial charge in [0.15, 0.2) is 0 Å². The van der Waals surface area contributed by atoms with Gasteiger partial charge in [-0.15, -0.1) is 0 Å². The molecule has 1 N–H and O–H groups in total. The minimum absolute atomic E-state index is 0.683. The molecule has 0 saturated carbocycles. The molecule has 3 rings (SSSR count). The molecule has 4 heteroatoms. The maximum atomic E-state index is 5.20. The number of aryl methyl sites for hydroxylation is 2. The van der Waals surface area contributed by atoms with Gasteiger partial charge in [0.25, 0.3) is 0 Å². The summed E-state index contributed by atoms with van der Waals surface area (Å²) in [7, 11) is 0. The van der Waals surface area contributed by atoms with Crippen LogP contribution in [0.5, 0.6) is 0 Å². The van der Waals surface area contributed by atoms with E-state index in [9.17, 15) is 0 Å². The first-order valence-electron chi connectivity index (χ1n) is 6.61. The van der Waals surface area contributed by atoms with Gasteiger partial charge in [0.05, 0.1) is 5.69 Å². The van der Waals surface area contributed by atoms with E-state index < -0.39 is 0 Å². The Bertz CT molecular complexity index is 382. The van der Waals surface area contributed by atoms with Crippen LogP contribution in [0.1, 0.15) is 29.9 Å². The number of fused-ring (bicyclic) bond motifs is 2. The van der Waals surface area contributed by atoms with Gasteiger partial charge in [0, 0.05) is 24.7 Å². The minimum Gasteiger partial charge on any atom is -0.361 e. The van der Waals surface area contributed by atoms with E-state index in [0.717, 1.165) is 23.9 Å². The standard InChI is InChI=1S/C13H21N3O/c1-9-12(10(2)17-15-9)7-14-13-4-6-16-5-3-11(13)8-16/h11,13-14H,3-8H2,1-2H3. The van der Waals surface area contributed by atoms with Crippen LogP contribution in [0.15, 0.2) is 4.52 Å². The fourth-order valence-electron chi connectivity index (χ4n) is 3.21. The van der Waals surface area contributed by atoms with Gasteiger partial charge in [-0.3, -0.25) is 0 Å². The molecule has 2 bridgehead atoms. The van der Waals surface area contributed by atoms with Gasteiger partial charge in [-0.1, -0.05) is 5.16 Å². The van der Waals surface area contributed by atoms with Crippen molar-refractivity contribution in [3.8, 4) is 0 Å². The van der Waals surface area contributed by atoms with Crippen molar-refractivity contribution in [1.82, 2.24) is 15.4 Å². The van der Waals surface area contributed by atoms with Crippen LogP contribution in [0.3, 0.4) is 0 Å². The number of hydrogen-bond acceptors (Lipinski definition) is 4. The lowest BCUT2D eigenvalue weighted by Gasteiger charge is -2.31. The van der Waals surface area contributed by atoms with E-state index >= 15 is 0 Å². The molecule has 2 aliphatic rings. The second-order valence-electron chi connectivity index (χ2n) is 5.43. The zero-order valence-electron chi connectivity index (χ0n) is 10.7. The first kappa shape index (κ1) is 11.2. The van der Waals surface area contributed by atoms with E-state index in [0.29, 0.717) is 6.04 Å². The first-order valence-corrected chi connectivity index (χ1v) is 6.61. The second kappa shape index (κ2) is 4.42. The molecular weight excluding hydrogens is 214 g/mol. The molecule has 3 atom stereocenters. The molecule has 2 saturated heterocycles. The maximum Gasteiger partial charge on any atom is 0.138 e. The average Bonchev–Trinajstić information content (AvgIpc) is 2.85. The van der Waals surface area contributed by atoms with E-state index in [1.807, 2.05) is 13.8 Å². The fraction of sp³-hybridized carbons (Fsp3) is 0.769. The van der Waals surface area contributed by atoms with Gasteiger partial charge in [-0.25, -0.2) is 0 Å². The van der Waals surface area contributed by atoms with Crippen molar-refractivity contribution in [2.75, 3.05) is 19.6 Å². The SMILES string of the molecule is Cc1noc(C)c1CNC1CCN2CCC1C2. The van der Waals surface area contributed by atoms with Crippen molar-refractivity contribution >= 4 is 0 Å². The van der Waals surface area contributed by atoms with Crippen LogP contribution in [0.25, 0.3) is 0 Å². The molecule has 0 spiro atoms. The van der Waals surface area contributed by atoms with Crippen LogP contribution in [-0.2, 0) is 6.54 Å². The molecule has 4 nitrogen and oxygen atoms in total. The zero-order valence-corrected chi connectivity index (χ0v) is 10.7. The van der Waals surface area contributed by atoms with E-state index in [1.165, 1.54) is 38.0 Å². The summed E-state index contributed by atoms with van der Waals surface area (Å²) in [6.07, 6.45) is 2.65. The third-order valence-electron chi connectivity index (χ3n) is 4.36. The predicted octanol–water partition coefficient (Wildman–Crippen LogP) is 1.48. The van der Waals surface area contributed by atoms with Crippen LogP contribution >= 0.6 is 0 Å². The molecule has 0 amide bonds. The minimum atomic E-state index is 0.683. The smallest absolute Gasteiger partial charge is 0.138 e. The highest BCUT2D eigenvalue weighted by Crippen LogP contribution is 2.27. The van der Waals surface area contributed by atoms with Gasteiger partial charge >= 0.3 is 0 Å². The molecule has 94 valence electrons. The van der Waals surface area contributed by atoms with Crippen LogP contribution < -0.4 is 5.32 Å². The quantitative estimate of drug-likeness (QED) is 0.861. The van der Waals surface area contributed by atoms with Crippen molar-refractivity contribution in [3.63, 3.8) is 0 Å². The van der Waals surface area contributed by atoms with Gasteiger partial charge in [0.1, 0.15) is 5.76 Å². The Morgan fingerprint density at radius 3 is 2.94 bits per heavy atom. The normalized spacial score (nSPS) is 32.0. The van der Waals surface area contributed by atoms with Crippen LogP contribution in [0.4, 0.5) is 0 Å². The Balaban J connectivity index is 1.61. The monoisotopic (exact) mass is 235 g/mol. The third kappa shape index (κ3) is 2.11. The van der Waals surface area contributed by atoms with Crippen molar-refractivity contribution in [1.29, 1.82) is 0 Å². The summed E-state index contributed by atoms with van der Waals surface area (Å²) in [6.45, 7) is 8.77. The third-order valence-corrected chi connectivity index (χ3v) is 4.36.